The number of ether oxygens (including phenoxy) is 1. The van der Waals surface area contributed by atoms with Gasteiger partial charge in [0.05, 0.1) is 0 Å². The first kappa shape index (κ1) is 25.8. The SMILES string of the molecule is CCCCNC(=O)[C@H](CC)N(Cc1ccc(F)cc1)C(=O)COc1cc(C)c(Br)c(C)c1. The van der Waals surface area contributed by atoms with E-state index in [1.54, 1.807) is 12.1 Å². The summed E-state index contributed by atoms with van der Waals surface area (Å²) in [6.45, 7) is 8.41. The Morgan fingerprint density at radius 1 is 1.12 bits per heavy atom. The van der Waals surface area contributed by atoms with E-state index in [4.69, 9.17) is 4.74 Å². The molecule has 32 heavy (non-hydrogen) atoms. The third-order valence-corrected chi connectivity index (χ3v) is 6.50. The van der Waals surface area contributed by atoms with Gasteiger partial charge in [0, 0.05) is 17.6 Å². The number of hydrogen-bond donors (Lipinski definition) is 1. The van der Waals surface area contributed by atoms with E-state index in [1.807, 2.05) is 32.9 Å². The van der Waals surface area contributed by atoms with E-state index >= 15 is 0 Å². The molecule has 0 radical (unpaired) electrons. The molecule has 7 heteroatoms. The molecule has 1 atom stereocenters. The average Bonchev–Trinajstić information content (AvgIpc) is 2.77. The van der Waals surface area contributed by atoms with Gasteiger partial charge >= 0.3 is 0 Å². The summed E-state index contributed by atoms with van der Waals surface area (Å²) in [4.78, 5) is 27.5. The molecule has 5 nitrogen and oxygen atoms in total. The van der Waals surface area contributed by atoms with Crippen LogP contribution in [0.25, 0.3) is 0 Å². The molecule has 0 bridgehead atoms. The lowest BCUT2D eigenvalue weighted by atomic mass is 10.1. The molecule has 2 aromatic rings. The third-order valence-electron chi connectivity index (χ3n) is 5.25. The molecular formula is C25H32BrFN2O3. The van der Waals surface area contributed by atoms with Gasteiger partial charge in [0.15, 0.2) is 6.61 Å². The van der Waals surface area contributed by atoms with Crippen LogP contribution >= 0.6 is 15.9 Å². The highest BCUT2D eigenvalue weighted by molar-refractivity contribution is 9.10. The average molecular weight is 507 g/mol. The number of rotatable bonds is 11. The summed E-state index contributed by atoms with van der Waals surface area (Å²) >= 11 is 3.53. The van der Waals surface area contributed by atoms with E-state index in [0.717, 1.165) is 34.0 Å². The lowest BCUT2D eigenvalue weighted by Crippen LogP contribution is -2.50. The summed E-state index contributed by atoms with van der Waals surface area (Å²) in [5.41, 5.74) is 2.77. The van der Waals surface area contributed by atoms with Crippen LogP contribution in [0.5, 0.6) is 5.75 Å². The van der Waals surface area contributed by atoms with Gasteiger partial charge in [-0.15, -0.1) is 0 Å². The monoisotopic (exact) mass is 506 g/mol. The first-order valence-electron chi connectivity index (χ1n) is 11.0. The maximum Gasteiger partial charge on any atom is 0.261 e. The van der Waals surface area contributed by atoms with Crippen LogP contribution in [0.4, 0.5) is 4.39 Å². The van der Waals surface area contributed by atoms with Crippen molar-refractivity contribution in [3.8, 4) is 5.75 Å². The summed E-state index contributed by atoms with van der Waals surface area (Å²) < 4.78 is 20.1. The Hall–Kier alpha value is -2.41. The number of hydrogen-bond acceptors (Lipinski definition) is 3. The van der Waals surface area contributed by atoms with E-state index in [0.29, 0.717) is 18.7 Å². The van der Waals surface area contributed by atoms with Crippen LogP contribution < -0.4 is 10.1 Å². The summed E-state index contributed by atoms with van der Waals surface area (Å²) in [6.07, 6.45) is 2.30. The Balaban J connectivity index is 2.20. The number of aryl methyl sites for hydroxylation is 2. The predicted molar refractivity (Wildman–Crippen MR) is 128 cm³/mol. The Labute approximate surface area is 198 Å². The summed E-state index contributed by atoms with van der Waals surface area (Å²) in [5.74, 6) is -0.240. The number of nitrogens with one attached hydrogen (secondary N) is 1. The summed E-state index contributed by atoms with van der Waals surface area (Å²) in [5, 5.41) is 2.92. The van der Waals surface area contributed by atoms with Crippen LogP contribution in [0, 0.1) is 19.7 Å². The van der Waals surface area contributed by atoms with Crippen LogP contribution in [0.15, 0.2) is 40.9 Å². The number of carbonyl (C=O) groups is 2. The number of halogens is 2. The highest BCUT2D eigenvalue weighted by Gasteiger charge is 2.28. The number of carbonyl (C=O) groups excluding carboxylic acids is 2. The molecule has 0 aliphatic heterocycles. The molecule has 0 aliphatic rings. The Bertz CT molecular complexity index is 895. The van der Waals surface area contributed by atoms with Gasteiger partial charge in [-0.05, 0) is 67.6 Å². The molecule has 0 saturated heterocycles. The van der Waals surface area contributed by atoms with Crippen molar-refractivity contribution >= 4 is 27.7 Å². The van der Waals surface area contributed by atoms with Crippen molar-refractivity contribution in [1.82, 2.24) is 10.2 Å². The van der Waals surface area contributed by atoms with E-state index in [1.165, 1.54) is 17.0 Å². The summed E-state index contributed by atoms with van der Waals surface area (Å²) in [6, 6.07) is 9.04. The van der Waals surface area contributed by atoms with Gasteiger partial charge in [-0.1, -0.05) is 48.3 Å². The van der Waals surface area contributed by atoms with Crippen LogP contribution in [-0.2, 0) is 16.1 Å². The van der Waals surface area contributed by atoms with Crippen molar-refractivity contribution in [2.24, 2.45) is 0 Å². The van der Waals surface area contributed by atoms with Crippen molar-refractivity contribution in [2.75, 3.05) is 13.2 Å². The van der Waals surface area contributed by atoms with Gasteiger partial charge < -0.3 is 15.0 Å². The highest BCUT2D eigenvalue weighted by atomic mass is 79.9. The molecule has 0 aromatic heterocycles. The van der Waals surface area contributed by atoms with Gasteiger partial charge in [-0.2, -0.15) is 0 Å². The molecule has 0 spiro atoms. The quantitative estimate of drug-likeness (QED) is 0.420. The van der Waals surface area contributed by atoms with Gasteiger partial charge in [0.2, 0.25) is 5.91 Å². The number of amides is 2. The van der Waals surface area contributed by atoms with Crippen molar-refractivity contribution in [3.05, 3.63) is 63.4 Å². The fourth-order valence-electron chi connectivity index (χ4n) is 3.43. The minimum atomic E-state index is -0.638. The van der Waals surface area contributed by atoms with Crippen molar-refractivity contribution in [2.45, 2.75) is 59.5 Å². The first-order chi connectivity index (χ1) is 15.3. The van der Waals surface area contributed by atoms with Gasteiger partial charge in [0.1, 0.15) is 17.6 Å². The lowest BCUT2D eigenvalue weighted by molar-refractivity contribution is -0.143. The first-order valence-corrected chi connectivity index (χ1v) is 11.8. The molecule has 1 N–H and O–H groups in total. The second-order valence-electron chi connectivity index (χ2n) is 7.88. The molecule has 0 heterocycles. The molecule has 2 amide bonds. The molecule has 2 aromatic carbocycles. The number of benzene rings is 2. The van der Waals surface area contributed by atoms with Gasteiger partial charge in [-0.25, -0.2) is 4.39 Å². The minimum absolute atomic E-state index is 0.188. The van der Waals surface area contributed by atoms with E-state index in [9.17, 15) is 14.0 Å². The van der Waals surface area contributed by atoms with Gasteiger partial charge in [-0.3, -0.25) is 9.59 Å². The smallest absolute Gasteiger partial charge is 0.261 e. The molecule has 0 aliphatic carbocycles. The zero-order valence-corrected chi connectivity index (χ0v) is 20.8. The Morgan fingerprint density at radius 3 is 2.31 bits per heavy atom. The number of unbranched alkanes of at least 4 members (excludes halogenated alkanes) is 1. The maximum atomic E-state index is 13.3. The van der Waals surface area contributed by atoms with Gasteiger partial charge in [0.25, 0.3) is 5.91 Å². The molecule has 174 valence electrons. The summed E-state index contributed by atoms with van der Waals surface area (Å²) in [7, 11) is 0. The van der Waals surface area contributed by atoms with E-state index in [2.05, 4.69) is 28.2 Å². The van der Waals surface area contributed by atoms with Crippen molar-refractivity contribution in [1.29, 1.82) is 0 Å². The van der Waals surface area contributed by atoms with E-state index in [-0.39, 0.29) is 30.8 Å². The van der Waals surface area contributed by atoms with E-state index < -0.39 is 6.04 Å². The van der Waals surface area contributed by atoms with Crippen molar-refractivity contribution < 1.29 is 18.7 Å². The molecule has 0 unspecified atom stereocenters. The van der Waals surface area contributed by atoms with Crippen molar-refractivity contribution in [3.63, 3.8) is 0 Å². The number of nitrogens with zero attached hydrogens (tertiary/aromatic N) is 1. The highest BCUT2D eigenvalue weighted by Crippen LogP contribution is 2.26. The molecular weight excluding hydrogens is 475 g/mol. The second kappa shape index (κ2) is 12.6. The second-order valence-corrected chi connectivity index (χ2v) is 8.67. The standard InChI is InChI=1S/C25H32BrFN2O3/c1-5-7-12-28-25(31)22(6-2)29(15-19-8-10-20(27)11-9-19)23(30)16-32-21-13-17(3)24(26)18(4)14-21/h8-11,13-14,22H,5-7,12,15-16H2,1-4H3,(H,28,31)/t22-/m0/s1. The van der Waals surface area contributed by atoms with Crippen LogP contribution in [0.3, 0.4) is 0 Å². The predicted octanol–water partition coefficient (Wildman–Crippen LogP) is 5.31. The third kappa shape index (κ3) is 7.33. The Kier molecular flexibility index (Phi) is 10.2. The minimum Gasteiger partial charge on any atom is -0.484 e. The largest absolute Gasteiger partial charge is 0.484 e. The maximum absolute atomic E-state index is 13.3. The fourth-order valence-corrected chi connectivity index (χ4v) is 3.66. The normalized spacial score (nSPS) is 11.7. The Morgan fingerprint density at radius 2 is 1.75 bits per heavy atom. The fraction of sp³-hybridized carbons (Fsp3) is 0.440. The zero-order valence-electron chi connectivity index (χ0n) is 19.2. The molecule has 0 saturated carbocycles. The molecule has 0 fully saturated rings. The lowest BCUT2D eigenvalue weighted by Gasteiger charge is -2.30. The molecule has 2 rings (SSSR count). The van der Waals surface area contributed by atoms with Crippen LogP contribution in [0.2, 0.25) is 0 Å². The van der Waals surface area contributed by atoms with Crippen LogP contribution in [0.1, 0.15) is 49.8 Å². The topological polar surface area (TPSA) is 58.6 Å². The zero-order chi connectivity index (χ0) is 23.7. The van der Waals surface area contributed by atoms with Crippen LogP contribution in [-0.4, -0.2) is 35.9 Å².